The molecule has 0 spiro atoms. The van der Waals surface area contributed by atoms with E-state index < -0.39 is 0 Å². The van der Waals surface area contributed by atoms with Crippen molar-refractivity contribution in [1.29, 1.82) is 5.26 Å². The molecule has 1 N–H and O–H groups in total. The Morgan fingerprint density at radius 1 is 1.36 bits per heavy atom. The average molecular weight is 196 g/mol. The highest BCUT2D eigenvalue weighted by Gasteiger charge is 2.17. The third kappa shape index (κ3) is 3.32. The van der Waals surface area contributed by atoms with Gasteiger partial charge in [-0.2, -0.15) is 5.26 Å². The highest BCUT2D eigenvalue weighted by molar-refractivity contribution is 5.77. The van der Waals surface area contributed by atoms with Crippen molar-refractivity contribution in [1.82, 2.24) is 15.1 Å². The van der Waals surface area contributed by atoms with Crippen molar-refractivity contribution < 1.29 is 4.79 Å². The largest absolute Gasteiger partial charge is 0.358 e. The maximum Gasteiger partial charge on any atom is 0.233 e. The predicted molar refractivity (Wildman–Crippen MR) is 52.6 cm³/mol. The van der Waals surface area contributed by atoms with Crippen molar-refractivity contribution in [3.05, 3.63) is 0 Å². The lowest BCUT2D eigenvalue weighted by atomic mass is 10.3. The number of hydrogen-bond acceptors (Lipinski definition) is 4. The van der Waals surface area contributed by atoms with E-state index in [0.29, 0.717) is 13.1 Å². The summed E-state index contributed by atoms with van der Waals surface area (Å²) in [6.07, 6.45) is 0. The number of carbonyl (C=O) groups excluding carboxylic acids is 1. The Hall–Kier alpha value is -1.12. The Bertz CT molecular complexity index is 227. The van der Waals surface area contributed by atoms with Crippen LogP contribution in [0.4, 0.5) is 0 Å². The molecule has 1 fully saturated rings. The maximum atomic E-state index is 11.1. The fraction of sp³-hybridized carbons (Fsp3) is 0.778. The fourth-order valence-corrected chi connectivity index (χ4v) is 1.49. The molecule has 1 heterocycles. The molecule has 0 unspecified atom stereocenters. The highest BCUT2D eigenvalue weighted by atomic mass is 16.1. The predicted octanol–water partition coefficient (Wildman–Crippen LogP) is -1.13. The van der Waals surface area contributed by atoms with E-state index in [4.69, 9.17) is 5.26 Å². The van der Waals surface area contributed by atoms with Crippen LogP contribution in [0, 0.1) is 11.3 Å². The molecule has 0 aromatic heterocycles. The van der Waals surface area contributed by atoms with Crippen LogP contribution in [-0.4, -0.2) is 62.0 Å². The van der Waals surface area contributed by atoms with Crippen LogP contribution in [0.1, 0.15) is 0 Å². The molecule has 78 valence electrons. The number of nitrogens with zero attached hydrogens (tertiary/aromatic N) is 3. The fourth-order valence-electron chi connectivity index (χ4n) is 1.49. The summed E-state index contributed by atoms with van der Waals surface area (Å²) in [6, 6.07) is 2.13. The Morgan fingerprint density at radius 2 is 1.93 bits per heavy atom. The number of nitriles is 1. The van der Waals surface area contributed by atoms with Crippen LogP contribution in [0.25, 0.3) is 0 Å². The Balaban J connectivity index is 2.22. The summed E-state index contributed by atoms with van der Waals surface area (Å²) < 4.78 is 0. The van der Waals surface area contributed by atoms with Crippen LogP contribution in [0.5, 0.6) is 0 Å². The molecule has 1 saturated heterocycles. The van der Waals surface area contributed by atoms with Crippen molar-refractivity contribution in [2.45, 2.75) is 0 Å². The van der Waals surface area contributed by atoms with Crippen LogP contribution in [-0.2, 0) is 4.79 Å². The van der Waals surface area contributed by atoms with Gasteiger partial charge in [-0.05, 0) is 0 Å². The van der Waals surface area contributed by atoms with Gasteiger partial charge in [0.15, 0.2) is 0 Å². The summed E-state index contributed by atoms with van der Waals surface area (Å²) in [7, 11) is 1.65. The zero-order valence-corrected chi connectivity index (χ0v) is 8.49. The normalized spacial score (nSPS) is 18.9. The van der Waals surface area contributed by atoms with E-state index in [1.807, 2.05) is 0 Å². The van der Waals surface area contributed by atoms with Crippen LogP contribution in [0.2, 0.25) is 0 Å². The van der Waals surface area contributed by atoms with Gasteiger partial charge < -0.3 is 5.32 Å². The molecule has 0 bridgehead atoms. The molecule has 0 aromatic carbocycles. The van der Waals surface area contributed by atoms with Crippen molar-refractivity contribution >= 4 is 5.91 Å². The molecule has 5 nitrogen and oxygen atoms in total. The van der Waals surface area contributed by atoms with E-state index >= 15 is 0 Å². The van der Waals surface area contributed by atoms with Crippen molar-refractivity contribution in [3.8, 4) is 6.07 Å². The van der Waals surface area contributed by atoms with Gasteiger partial charge in [-0.25, -0.2) is 0 Å². The monoisotopic (exact) mass is 196 g/mol. The molecule has 1 aliphatic rings. The Morgan fingerprint density at radius 3 is 2.43 bits per heavy atom. The lowest BCUT2D eigenvalue weighted by Gasteiger charge is -2.32. The number of nitrogens with one attached hydrogen (secondary N) is 1. The number of carbonyl (C=O) groups is 1. The first kappa shape index (κ1) is 11.0. The van der Waals surface area contributed by atoms with Crippen LogP contribution < -0.4 is 5.32 Å². The molecule has 0 saturated carbocycles. The summed E-state index contributed by atoms with van der Waals surface area (Å²) in [6.45, 7) is 4.46. The zero-order valence-electron chi connectivity index (χ0n) is 8.49. The smallest absolute Gasteiger partial charge is 0.233 e. The van der Waals surface area contributed by atoms with Crippen LogP contribution in [0.15, 0.2) is 0 Å². The van der Waals surface area contributed by atoms with Gasteiger partial charge >= 0.3 is 0 Å². The number of amides is 1. The first-order valence-electron chi connectivity index (χ1n) is 4.78. The quantitative estimate of drug-likeness (QED) is 0.580. The zero-order chi connectivity index (χ0) is 10.4. The van der Waals surface area contributed by atoms with Crippen molar-refractivity contribution in [3.63, 3.8) is 0 Å². The van der Waals surface area contributed by atoms with Crippen LogP contribution in [0.3, 0.4) is 0 Å². The Kier molecular flexibility index (Phi) is 4.36. The molecular weight excluding hydrogens is 180 g/mol. The second kappa shape index (κ2) is 5.58. The van der Waals surface area contributed by atoms with Gasteiger partial charge in [0.2, 0.25) is 5.91 Å². The van der Waals surface area contributed by atoms with E-state index in [0.717, 1.165) is 26.2 Å². The third-order valence-corrected chi connectivity index (χ3v) is 2.41. The highest BCUT2D eigenvalue weighted by Crippen LogP contribution is 1.99. The standard InChI is InChI=1S/C9H16N4O/c1-11-9(14)8-13-6-4-12(3-2-10)5-7-13/h3-8H2,1H3,(H,11,14). The Labute approximate surface area is 84.3 Å². The van der Waals surface area contributed by atoms with Gasteiger partial charge in [-0.15, -0.1) is 0 Å². The van der Waals surface area contributed by atoms with E-state index in [2.05, 4.69) is 21.2 Å². The molecule has 1 amide bonds. The molecule has 5 heteroatoms. The molecular formula is C9H16N4O. The SMILES string of the molecule is CNC(=O)CN1CCN(CC#N)CC1. The van der Waals surface area contributed by atoms with Gasteiger partial charge in [0.25, 0.3) is 0 Å². The molecule has 0 aliphatic carbocycles. The topological polar surface area (TPSA) is 59.4 Å². The minimum absolute atomic E-state index is 0.0544. The van der Waals surface area contributed by atoms with E-state index in [1.54, 1.807) is 7.05 Å². The van der Waals surface area contributed by atoms with Gasteiger partial charge in [-0.3, -0.25) is 14.6 Å². The summed E-state index contributed by atoms with van der Waals surface area (Å²) in [5, 5.41) is 11.1. The van der Waals surface area contributed by atoms with Crippen molar-refractivity contribution in [2.24, 2.45) is 0 Å². The lowest BCUT2D eigenvalue weighted by Crippen LogP contribution is -2.49. The van der Waals surface area contributed by atoms with E-state index in [1.165, 1.54) is 0 Å². The lowest BCUT2D eigenvalue weighted by molar-refractivity contribution is -0.122. The number of piperazine rings is 1. The second-order valence-electron chi connectivity index (χ2n) is 3.38. The van der Waals surface area contributed by atoms with Gasteiger partial charge in [0.05, 0.1) is 19.2 Å². The third-order valence-electron chi connectivity index (χ3n) is 2.41. The minimum atomic E-state index is 0.0544. The van der Waals surface area contributed by atoms with Crippen molar-refractivity contribution in [2.75, 3.05) is 46.3 Å². The molecule has 0 atom stereocenters. The van der Waals surface area contributed by atoms with Crippen LogP contribution >= 0.6 is 0 Å². The summed E-state index contributed by atoms with van der Waals surface area (Å²) in [5.74, 6) is 0.0544. The first-order valence-corrected chi connectivity index (χ1v) is 4.78. The van der Waals surface area contributed by atoms with Gasteiger partial charge in [-0.1, -0.05) is 0 Å². The molecule has 0 aromatic rings. The van der Waals surface area contributed by atoms with E-state index in [-0.39, 0.29) is 5.91 Å². The maximum absolute atomic E-state index is 11.1. The second-order valence-corrected chi connectivity index (χ2v) is 3.38. The number of hydrogen-bond donors (Lipinski definition) is 1. The van der Waals surface area contributed by atoms with E-state index in [9.17, 15) is 4.79 Å². The molecule has 14 heavy (non-hydrogen) atoms. The summed E-state index contributed by atoms with van der Waals surface area (Å²) in [5.41, 5.74) is 0. The molecule has 0 radical (unpaired) electrons. The van der Waals surface area contributed by atoms with Gasteiger partial charge in [0.1, 0.15) is 0 Å². The summed E-state index contributed by atoms with van der Waals surface area (Å²) in [4.78, 5) is 15.3. The number of likely N-dealkylation sites (N-methyl/N-ethyl adjacent to an activating group) is 1. The average Bonchev–Trinajstić information content (AvgIpc) is 2.21. The molecule has 1 rings (SSSR count). The first-order chi connectivity index (χ1) is 6.76. The number of rotatable bonds is 3. The summed E-state index contributed by atoms with van der Waals surface area (Å²) >= 11 is 0. The van der Waals surface area contributed by atoms with Gasteiger partial charge in [0, 0.05) is 33.2 Å². The minimum Gasteiger partial charge on any atom is -0.358 e. The molecule has 1 aliphatic heterocycles.